The van der Waals surface area contributed by atoms with Crippen LogP contribution in [0.25, 0.3) is 0 Å². The van der Waals surface area contributed by atoms with Crippen molar-refractivity contribution in [2.24, 2.45) is 0 Å². The summed E-state index contributed by atoms with van der Waals surface area (Å²) in [7, 11) is 0. The summed E-state index contributed by atoms with van der Waals surface area (Å²) >= 11 is 9.31. The van der Waals surface area contributed by atoms with Crippen molar-refractivity contribution >= 4 is 33.5 Å². The van der Waals surface area contributed by atoms with Gasteiger partial charge in [0.05, 0.1) is 5.92 Å². The second kappa shape index (κ2) is 6.37. The fourth-order valence-electron chi connectivity index (χ4n) is 2.00. The maximum absolute atomic E-state index is 13.1. The van der Waals surface area contributed by atoms with E-state index in [0.29, 0.717) is 15.1 Å². The Bertz CT molecular complexity index is 646. The molecule has 0 bridgehead atoms. The van der Waals surface area contributed by atoms with Crippen LogP contribution >= 0.6 is 27.5 Å². The lowest BCUT2D eigenvalue weighted by molar-refractivity contribution is -0.138. The van der Waals surface area contributed by atoms with Gasteiger partial charge < -0.3 is 5.11 Å². The first-order chi connectivity index (χ1) is 9.49. The zero-order chi connectivity index (χ0) is 14.7. The molecular formula is C15H11BrClFO2. The van der Waals surface area contributed by atoms with Crippen LogP contribution in [0.3, 0.4) is 0 Å². The van der Waals surface area contributed by atoms with E-state index in [1.54, 1.807) is 30.3 Å². The quantitative estimate of drug-likeness (QED) is 0.864. The molecule has 1 unspecified atom stereocenters. The second-order valence-electron chi connectivity index (χ2n) is 4.35. The number of aliphatic carboxylic acids is 1. The van der Waals surface area contributed by atoms with E-state index in [4.69, 9.17) is 11.6 Å². The number of hydrogen-bond donors (Lipinski definition) is 1. The minimum Gasteiger partial charge on any atom is -0.481 e. The molecule has 0 aromatic heterocycles. The highest BCUT2D eigenvalue weighted by molar-refractivity contribution is 9.10. The van der Waals surface area contributed by atoms with E-state index in [9.17, 15) is 14.3 Å². The number of rotatable bonds is 4. The van der Waals surface area contributed by atoms with Crippen molar-refractivity contribution in [3.05, 3.63) is 68.9 Å². The molecule has 0 spiro atoms. The molecule has 0 saturated carbocycles. The van der Waals surface area contributed by atoms with Gasteiger partial charge in [-0.3, -0.25) is 4.79 Å². The van der Waals surface area contributed by atoms with Crippen LogP contribution in [0.5, 0.6) is 0 Å². The maximum atomic E-state index is 13.1. The Morgan fingerprint density at radius 3 is 2.60 bits per heavy atom. The summed E-state index contributed by atoms with van der Waals surface area (Å²) in [6.07, 6.45) is 0.236. The largest absolute Gasteiger partial charge is 0.481 e. The summed E-state index contributed by atoms with van der Waals surface area (Å²) in [5.41, 5.74) is 1.27. The maximum Gasteiger partial charge on any atom is 0.311 e. The van der Waals surface area contributed by atoms with Crippen LogP contribution in [0.4, 0.5) is 4.39 Å². The Morgan fingerprint density at radius 2 is 2.00 bits per heavy atom. The molecule has 104 valence electrons. The summed E-state index contributed by atoms with van der Waals surface area (Å²) in [5, 5.41) is 9.82. The minimum absolute atomic E-state index is 0.236. The molecule has 0 heterocycles. The van der Waals surface area contributed by atoms with Crippen molar-refractivity contribution in [3.8, 4) is 0 Å². The van der Waals surface area contributed by atoms with Crippen molar-refractivity contribution in [2.75, 3.05) is 0 Å². The molecule has 2 aromatic rings. The average Bonchev–Trinajstić information content (AvgIpc) is 2.39. The third-order valence-electron chi connectivity index (χ3n) is 3.02. The third-order valence-corrected chi connectivity index (χ3v) is 4.10. The third kappa shape index (κ3) is 3.38. The topological polar surface area (TPSA) is 37.3 Å². The highest BCUT2D eigenvalue weighted by Crippen LogP contribution is 2.30. The SMILES string of the molecule is O=C(O)C(Cc1ccc(F)cc1Br)c1ccccc1Cl. The van der Waals surface area contributed by atoms with Crippen LogP contribution in [0.2, 0.25) is 5.02 Å². The van der Waals surface area contributed by atoms with E-state index in [0.717, 1.165) is 5.56 Å². The molecule has 1 atom stereocenters. The molecule has 20 heavy (non-hydrogen) atoms. The van der Waals surface area contributed by atoms with Gasteiger partial charge in [0.1, 0.15) is 5.82 Å². The standard InChI is InChI=1S/C15H11BrClFO2/c16-13-8-10(18)6-5-9(13)7-12(15(19)20)11-3-1-2-4-14(11)17/h1-6,8,12H,7H2,(H,19,20). The van der Waals surface area contributed by atoms with Crippen LogP contribution in [-0.2, 0) is 11.2 Å². The van der Waals surface area contributed by atoms with Crippen molar-refractivity contribution < 1.29 is 14.3 Å². The van der Waals surface area contributed by atoms with Gasteiger partial charge in [-0.15, -0.1) is 0 Å². The normalized spacial score (nSPS) is 12.2. The predicted molar refractivity (Wildman–Crippen MR) is 79.6 cm³/mol. The highest BCUT2D eigenvalue weighted by atomic mass is 79.9. The van der Waals surface area contributed by atoms with E-state index in [1.165, 1.54) is 12.1 Å². The van der Waals surface area contributed by atoms with Gasteiger partial charge in [-0.05, 0) is 35.7 Å². The first-order valence-electron chi connectivity index (χ1n) is 5.90. The Morgan fingerprint density at radius 1 is 1.30 bits per heavy atom. The predicted octanol–water partition coefficient (Wildman–Crippen LogP) is 4.65. The number of halogens is 3. The van der Waals surface area contributed by atoms with E-state index < -0.39 is 11.9 Å². The first kappa shape index (κ1) is 15.0. The highest BCUT2D eigenvalue weighted by Gasteiger charge is 2.23. The lowest BCUT2D eigenvalue weighted by Gasteiger charge is -2.15. The van der Waals surface area contributed by atoms with Gasteiger partial charge >= 0.3 is 5.97 Å². The fraction of sp³-hybridized carbons (Fsp3) is 0.133. The van der Waals surface area contributed by atoms with Gasteiger partial charge in [0.15, 0.2) is 0 Å². The number of carbonyl (C=O) groups is 1. The van der Waals surface area contributed by atoms with E-state index >= 15 is 0 Å². The Hall–Kier alpha value is -1.39. The van der Waals surface area contributed by atoms with Crippen LogP contribution in [0, 0.1) is 5.82 Å². The lowest BCUT2D eigenvalue weighted by Crippen LogP contribution is -2.15. The minimum atomic E-state index is -0.964. The monoisotopic (exact) mass is 356 g/mol. The summed E-state index contributed by atoms with van der Waals surface area (Å²) in [6.45, 7) is 0. The van der Waals surface area contributed by atoms with E-state index in [2.05, 4.69) is 15.9 Å². The van der Waals surface area contributed by atoms with Crippen molar-refractivity contribution in [1.82, 2.24) is 0 Å². The van der Waals surface area contributed by atoms with E-state index in [1.807, 2.05) is 0 Å². The van der Waals surface area contributed by atoms with Crippen LogP contribution < -0.4 is 0 Å². The number of benzene rings is 2. The zero-order valence-corrected chi connectivity index (χ0v) is 12.7. The van der Waals surface area contributed by atoms with Gasteiger partial charge in [-0.2, -0.15) is 0 Å². The van der Waals surface area contributed by atoms with Crippen molar-refractivity contribution in [2.45, 2.75) is 12.3 Å². The molecule has 0 aliphatic rings. The first-order valence-corrected chi connectivity index (χ1v) is 7.07. The Labute approximate surface area is 129 Å². The summed E-state index contributed by atoms with van der Waals surface area (Å²) < 4.78 is 13.6. The van der Waals surface area contributed by atoms with Gasteiger partial charge in [0, 0.05) is 9.50 Å². The molecular weight excluding hydrogens is 347 g/mol. The van der Waals surface area contributed by atoms with Crippen LogP contribution in [0.15, 0.2) is 46.9 Å². The van der Waals surface area contributed by atoms with Crippen LogP contribution in [0.1, 0.15) is 17.0 Å². The number of carboxylic acid groups (broad SMARTS) is 1. The summed E-state index contributed by atoms with van der Waals surface area (Å²) in [5.74, 6) is -2.11. The smallest absolute Gasteiger partial charge is 0.311 e. The fourth-order valence-corrected chi connectivity index (χ4v) is 2.78. The molecule has 0 saturated heterocycles. The van der Waals surface area contributed by atoms with Crippen LogP contribution in [-0.4, -0.2) is 11.1 Å². The zero-order valence-electron chi connectivity index (χ0n) is 10.3. The van der Waals surface area contributed by atoms with Crippen molar-refractivity contribution in [1.29, 1.82) is 0 Å². The molecule has 2 aromatic carbocycles. The molecule has 0 radical (unpaired) electrons. The lowest BCUT2D eigenvalue weighted by atomic mass is 9.92. The van der Waals surface area contributed by atoms with Gasteiger partial charge in [-0.1, -0.05) is 51.8 Å². The Balaban J connectivity index is 2.36. The van der Waals surface area contributed by atoms with E-state index in [-0.39, 0.29) is 12.2 Å². The molecule has 0 amide bonds. The Kier molecular flexibility index (Phi) is 4.78. The molecule has 5 heteroatoms. The molecule has 0 fully saturated rings. The van der Waals surface area contributed by atoms with Crippen molar-refractivity contribution in [3.63, 3.8) is 0 Å². The molecule has 0 aliphatic carbocycles. The average molecular weight is 358 g/mol. The molecule has 0 aliphatic heterocycles. The number of carboxylic acids is 1. The van der Waals surface area contributed by atoms with Gasteiger partial charge in [0.25, 0.3) is 0 Å². The van der Waals surface area contributed by atoms with Gasteiger partial charge in [0.2, 0.25) is 0 Å². The summed E-state index contributed by atoms with van der Waals surface area (Å²) in [4.78, 5) is 11.5. The van der Waals surface area contributed by atoms with Gasteiger partial charge in [-0.25, -0.2) is 4.39 Å². The summed E-state index contributed by atoms with van der Waals surface area (Å²) in [6, 6.07) is 11.1. The molecule has 2 rings (SSSR count). The number of hydrogen-bond acceptors (Lipinski definition) is 1. The molecule has 1 N–H and O–H groups in total. The molecule has 2 nitrogen and oxygen atoms in total. The second-order valence-corrected chi connectivity index (χ2v) is 5.61.